The van der Waals surface area contributed by atoms with Crippen LogP contribution in [0.5, 0.6) is 0 Å². The van der Waals surface area contributed by atoms with E-state index in [1.807, 2.05) is 13.8 Å². The molecule has 2 rings (SSSR count). The van der Waals surface area contributed by atoms with E-state index in [0.717, 1.165) is 12.1 Å². The maximum atomic E-state index is 12.6. The molecule has 0 amide bonds. The van der Waals surface area contributed by atoms with Crippen LogP contribution >= 0.6 is 0 Å². The third-order valence-electron chi connectivity index (χ3n) is 3.73. The highest BCUT2D eigenvalue weighted by Gasteiger charge is 2.30. The predicted octanol–water partition coefficient (Wildman–Crippen LogP) is 3.27. The van der Waals surface area contributed by atoms with Crippen molar-refractivity contribution >= 4 is 0 Å². The summed E-state index contributed by atoms with van der Waals surface area (Å²) in [6.07, 6.45) is -2.79. The molecule has 130 valence electrons. The highest BCUT2D eigenvalue weighted by molar-refractivity contribution is 5.55. The Hall–Kier alpha value is -1.99. The third-order valence-corrected chi connectivity index (χ3v) is 3.73. The van der Waals surface area contributed by atoms with E-state index in [-0.39, 0.29) is 18.6 Å². The molecule has 2 aromatic rings. The molecule has 0 bridgehead atoms. The summed E-state index contributed by atoms with van der Waals surface area (Å²) in [6.45, 7) is 4.47. The molecule has 1 heterocycles. The molecule has 4 nitrogen and oxygen atoms in total. The van der Waals surface area contributed by atoms with Crippen molar-refractivity contribution in [2.75, 3.05) is 6.61 Å². The van der Waals surface area contributed by atoms with Crippen molar-refractivity contribution < 1.29 is 18.3 Å². The number of halogens is 3. The Bertz CT molecular complexity index is 657. The minimum atomic E-state index is -4.36. The average Bonchev–Trinajstić information content (AvgIpc) is 2.55. The second-order valence-electron chi connectivity index (χ2n) is 5.86. The standard InChI is InChI=1S/C17H20F3N3O/c1-11(2)15(10-24)22-9-14-7-8-21-16(23-14)12-3-5-13(6-4-12)17(18,19)20/h3-8,11,15,22,24H,9-10H2,1-2H3/t15-/m1/s1. The Morgan fingerprint density at radius 2 is 1.79 bits per heavy atom. The summed E-state index contributed by atoms with van der Waals surface area (Å²) in [7, 11) is 0. The molecular weight excluding hydrogens is 319 g/mol. The fourth-order valence-corrected chi connectivity index (χ4v) is 2.19. The third kappa shape index (κ3) is 4.75. The van der Waals surface area contributed by atoms with E-state index in [2.05, 4.69) is 15.3 Å². The Kier molecular flexibility index (Phi) is 5.90. The molecule has 1 aromatic heterocycles. The van der Waals surface area contributed by atoms with Crippen molar-refractivity contribution in [2.45, 2.75) is 32.6 Å². The lowest BCUT2D eigenvalue weighted by Gasteiger charge is -2.19. The van der Waals surface area contributed by atoms with Crippen LogP contribution in [0.4, 0.5) is 13.2 Å². The van der Waals surface area contributed by atoms with E-state index in [4.69, 9.17) is 0 Å². The van der Waals surface area contributed by atoms with Gasteiger partial charge < -0.3 is 10.4 Å². The van der Waals surface area contributed by atoms with E-state index in [1.165, 1.54) is 12.1 Å². The van der Waals surface area contributed by atoms with Gasteiger partial charge in [0.2, 0.25) is 0 Å². The molecule has 1 aromatic carbocycles. The van der Waals surface area contributed by atoms with Crippen LogP contribution in [0.3, 0.4) is 0 Å². The van der Waals surface area contributed by atoms with Crippen LogP contribution in [-0.2, 0) is 12.7 Å². The number of aliphatic hydroxyl groups excluding tert-OH is 1. The lowest BCUT2D eigenvalue weighted by atomic mass is 10.1. The molecule has 1 atom stereocenters. The molecule has 0 spiro atoms. The maximum absolute atomic E-state index is 12.6. The van der Waals surface area contributed by atoms with Crippen LogP contribution in [0.15, 0.2) is 36.5 Å². The smallest absolute Gasteiger partial charge is 0.395 e. The Labute approximate surface area is 138 Å². The first kappa shape index (κ1) is 18.4. The van der Waals surface area contributed by atoms with Gasteiger partial charge in [-0.25, -0.2) is 9.97 Å². The largest absolute Gasteiger partial charge is 0.416 e. The van der Waals surface area contributed by atoms with E-state index in [9.17, 15) is 18.3 Å². The number of aromatic nitrogens is 2. The summed E-state index contributed by atoms with van der Waals surface area (Å²) in [6, 6.07) is 6.44. The number of nitrogens with zero attached hydrogens (tertiary/aromatic N) is 2. The molecule has 7 heteroatoms. The predicted molar refractivity (Wildman–Crippen MR) is 85.0 cm³/mol. The summed E-state index contributed by atoms with van der Waals surface area (Å²) in [4.78, 5) is 8.48. The van der Waals surface area contributed by atoms with Crippen molar-refractivity contribution in [1.82, 2.24) is 15.3 Å². The molecule has 0 aliphatic heterocycles. The zero-order valence-corrected chi connectivity index (χ0v) is 13.5. The summed E-state index contributed by atoms with van der Waals surface area (Å²) in [5.74, 6) is 0.638. The lowest BCUT2D eigenvalue weighted by molar-refractivity contribution is -0.137. The van der Waals surface area contributed by atoms with Crippen LogP contribution in [0.2, 0.25) is 0 Å². The van der Waals surface area contributed by atoms with Gasteiger partial charge in [0.25, 0.3) is 0 Å². The maximum Gasteiger partial charge on any atom is 0.416 e. The molecule has 0 aliphatic carbocycles. The number of rotatable bonds is 6. The topological polar surface area (TPSA) is 58.0 Å². The van der Waals surface area contributed by atoms with E-state index in [1.54, 1.807) is 12.3 Å². The fraction of sp³-hybridized carbons (Fsp3) is 0.412. The number of hydrogen-bond acceptors (Lipinski definition) is 4. The highest BCUT2D eigenvalue weighted by Crippen LogP contribution is 2.30. The monoisotopic (exact) mass is 339 g/mol. The number of alkyl halides is 3. The second kappa shape index (κ2) is 7.72. The van der Waals surface area contributed by atoms with Gasteiger partial charge in [-0.05, 0) is 24.1 Å². The van der Waals surface area contributed by atoms with Gasteiger partial charge in [0, 0.05) is 24.3 Å². The van der Waals surface area contributed by atoms with Crippen LogP contribution < -0.4 is 5.32 Å². The van der Waals surface area contributed by atoms with Crippen LogP contribution in [0, 0.1) is 5.92 Å². The van der Waals surface area contributed by atoms with Gasteiger partial charge in [-0.2, -0.15) is 13.2 Å². The first-order valence-corrected chi connectivity index (χ1v) is 7.65. The Morgan fingerprint density at radius 1 is 1.12 bits per heavy atom. The van der Waals surface area contributed by atoms with Gasteiger partial charge in [-0.15, -0.1) is 0 Å². The van der Waals surface area contributed by atoms with Crippen molar-refractivity contribution in [3.05, 3.63) is 47.8 Å². The minimum absolute atomic E-state index is 0.0223. The number of nitrogens with one attached hydrogen (secondary N) is 1. The van der Waals surface area contributed by atoms with Crippen LogP contribution in [0.25, 0.3) is 11.4 Å². The Balaban J connectivity index is 2.12. The first-order valence-electron chi connectivity index (χ1n) is 7.65. The van der Waals surface area contributed by atoms with Crippen molar-refractivity contribution in [3.8, 4) is 11.4 Å². The Morgan fingerprint density at radius 3 is 2.33 bits per heavy atom. The van der Waals surface area contributed by atoms with Crippen molar-refractivity contribution in [1.29, 1.82) is 0 Å². The molecular formula is C17H20F3N3O. The van der Waals surface area contributed by atoms with Gasteiger partial charge in [0.15, 0.2) is 5.82 Å². The minimum Gasteiger partial charge on any atom is -0.395 e. The van der Waals surface area contributed by atoms with E-state index in [0.29, 0.717) is 23.6 Å². The lowest BCUT2D eigenvalue weighted by Crippen LogP contribution is -2.36. The second-order valence-corrected chi connectivity index (χ2v) is 5.86. The van der Waals surface area contributed by atoms with Gasteiger partial charge in [-0.1, -0.05) is 26.0 Å². The van der Waals surface area contributed by atoms with Gasteiger partial charge in [0.1, 0.15) is 0 Å². The summed E-state index contributed by atoms with van der Waals surface area (Å²) < 4.78 is 37.8. The molecule has 0 radical (unpaired) electrons. The molecule has 0 saturated heterocycles. The highest BCUT2D eigenvalue weighted by atomic mass is 19.4. The molecule has 24 heavy (non-hydrogen) atoms. The molecule has 0 aliphatic rings. The number of benzene rings is 1. The van der Waals surface area contributed by atoms with E-state index < -0.39 is 11.7 Å². The molecule has 0 fully saturated rings. The van der Waals surface area contributed by atoms with Gasteiger partial charge in [0.05, 0.1) is 17.9 Å². The van der Waals surface area contributed by atoms with Crippen LogP contribution in [0.1, 0.15) is 25.1 Å². The normalized spacial score (nSPS) is 13.3. The van der Waals surface area contributed by atoms with Crippen molar-refractivity contribution in [3.63, 3.8) is 0 Å². The average molecular weight is 339 g/mol. The molecule has 2 N–H and O–H groups in total. The van der Waals surface area contributed by atoms with E-state index >= 15 is 0 Å². The number of hydrogen-bond donors (Lipinski definition) is 2. The molecule has 0 saturated carbocycles. The number of aliphatic hydroxyl groups is 1. The van der Waals surface area contributed by atoms with Gasteiger partial charge >= 0.3 is 6.18 Å². The quantitative estimate of drug-likeness (QED) is 0.848. The van der Waals surface area contributed by atoms with Gasteiger partial charge in [-0.3, -0.25) is 0 Å². The first-order chi connectivity index (χ1) is 11.3. The van der Waals surface area contributed by atoms with Crippen molar-refractivity contribution in [2.24, 2.45) is 5.92 Å². The summed E-state index contributed by atoms with van der Waals surface area (Å²) in [5.41, 5.74) is 0.526. The fourth-order valence-electron chi connectivity index (χ4n) is 2.19. The zero-order chi connectivity index (χ0) is 17.7. The SMILES string of the molecule is CC(C)[C@@H](CO)NCc1ccnc(-c2ccc(C(F)(F)F)cc2)n1. The summed E-state index contributed by atoms with van der Waals surface area (Å²) in [5, 5.41) is 12.5. The molecule has 0 unspecified atom stereocenters. The zero-order valence-electron chi connectivity index (χ0n) is 13.5. The summed E-state index contributed by atoms with van der Waals surface area (Å²) >= 11 is 0. The van der Waals surface area contributed by atoms with Crippen LogP contribution in [-0.4, -0.2) is 27.7 Å².